The maximum atomic E-state index is 11.8. The molecule has 5 heteroatoms. The summed E-state index contributed by atoms with van der Waals surface area (Å²) in [6.07, 6.45) is 0. The average molecular weight is 259 g/mol. The van der Waals surface area contributed by atoms with Crippen LogP contribution in [0.4, 0.5) is 0 Å². The Bertz CT molecular complexity index is 283. The molecule has 0 aliphatic heterocycles. The number of nitrogens with one attached hydrogen (secondary N) is 1. The maximum absolute atomic E-state index is 11.8. The lowest BCUT2D eigenvalue weighted by Gasteiger charge is -2.24. The highest BCUT2D eigenvalue weighted by Gasteiger charge is 2.15. The zero-order chi connectivity index (χ0) is 14.3. The van der Waals surface area contributed by atoms with Gasteiger partial charge in [0.2, 0.25) is 11.8 Å². The van der Waals surface area contributed by atoms with Crippen molar-refractivity contribution in [2.24, 2.45) is 5.92 Å². The third kappa shape index (κ3) is 7.27. The minimum Gasteiger partial charge on any atom is -0.354 e. The third-order valence-corrected chi connectivity index (χ3v) is 2.78. The van der Waals surface area contributed by atoms with Gasteiger partial charge in [0, 0.05) is 21.1 Å². The summed E-state index contributed by atoms with van der Waals surface area (Å²) in [5, 5.41) is 2.80. The molecule has 1 N–H and O–H groups in total. The van der Waals surface area contributed by atoms with Gasteiger partial charge in [0.1, 0.15) is 0 Å². The van der Waals surface area contributed by atoms with Crippen LogP contribution in [0.2, 0.25) is 0 Å². The fourth-order valence-electron chi connectivity index (χ4n) is 1.19. The molecule has 0 radical (unpaired) electrons. The van der Waals surface area contributed by atoms with Crippen molar-refractivity contribution < 1.29 is 11.0 Å². The maximum Gasteiger partial charge on any atom is 0.239 e. The topological polar surface area (TPSA) is 52.7 Å². The molecule has 0 aromatic carbocycles. The van der Waals surface area contributed by atoms with Gasteiger partial charge in [-0.15, -0.1) is 0 Å². The molecular formula is C13H29N3O2. The molecule has 0 bridgehead atoms. The molecule has 2 amide bonds. The highest BCUT2D eigenvalue weighted by molar-refractivity contribution is 5.85. The first kappa shape index (κ1) is 16.9. The first-order chi connectivity index (χ1) is 8.23. The molecule has 0 aromatic rings. The number of rotatable bonds is 7. The Morgan fingerprint density at radius 2 is 1.67 bits per heavy atom. The van der Waals surface area contributed by atoms with E-state index in [1.165, 1.54) is 4.90 Å². The Kier molecular flexibility index (Phi) is 7.59. The molecule has 0 saturated carbocycles. The third-order valence-electron chi connectivity index (χ3n) is 2.78. The van der Waals surface area contributed by atoms with Crippen LogP contribution in [0.3, 0.4) is 0 Å². The smallest absolute Gasteiger partial charge is 0.239 e. The number of hydrogen-bond acceptors (Lipinski definition) is 3. The van der Waals surface area contributed by atoms with E-state index >= 15 is 0 Å². The van der Waals surface area contributed by atoms with E-state index in [1.54, 1.807) is 7.05 Å². The number of hydrogen-bond donors (Lipinski definition) is 1. The molecule has 0 aliphatic rings. The van der Waals surface area contributed by atoms with E-state index < -0.39 is 0 Å². The first-order valence-corrected chi connectivity index (χ1v) is 6.45. The van der Waals surface area contributed by atoms with Crippen LogP contribution in [0.25, 0.3) is 0 Å². The molecular weight excluding hydrogens is 230 g/mol. The molecule has 108 valence electrons. The van der Waals surface area contributed by atoms with E-state index in [0.29, 0.717) is 25.0 Å². The van der Waals surface area contributed by atoms with Crippen molar-refractivity contribution >= 4 is 11.8 Å². The van der Waals surface area contributed by atoms with E-state index in [2.05, 4.69) is 5.32 Å². The van der Waals surface area contributed by atoms with Crippen LogP contribution in [-0.2, 0) is 9.59 Å². The Balaban J connectivity index is 0. The highest BCUT2D eigenvalue weighted by atomic mass is 16.2. The van der Waals surface area contributed by atoms with Gasteiger partial charge in [0.15, 0.2) is 0 Å². The Hall–Kier alpha value is -1.10. The Morgan fingerprint density at radius 3 is 2.11 bits per heavy atom. The van der Waals surface area contributed by atoms with Crippen LogP contribution in [0.5, 0.6) is 0 Å². The quantitative estimate of drug-likeness (QED) is 0.736. The van der Waals surface area contributed by atoms with E-state index in [4.69, 9.17) is 0 Å². The van der Waals surface area contributed by atoms with Crippen molar-refractivity contribution in [2.45, 2.75) is 33.7 Å². The fourth-order valence-corrected chi connectivity index (χ4v) is 1.19. The van der Waals surface area contributed by atoms with Gasteiger partial charge in [0.25, 0.3) is 0 Å². The molecule has 0 heterocycles. The summed E-state index contributed by atoms with van der Waals surface area (Å²) in [7, 11) is 3.56. The monoisotopic (exact) mass is 259 g/mol. The zero-order valence-corrected chi connectivity index (χ0v) is 12.5. The lowest BCUT2D eigenvalue weighted by Crippen LogP contribution is -2.44. The van der Waals surface area contributed by atoms with Crippen molar-refractivity contribution in [1.29, 1.82) is 0 Å². The van der Waals surface area contributed by atoms with E-state index in [-0.39, 0.29) is 19.8 Å². The van der Waals surface area contributed by atoms with Gasteiger partial charge >= 0.3 is 0 Å². The minimum absolute atomic E-state index is 0. The SMILES string of the molecule is CC(C)CNC(=O)CN(C)C(=O)CN(C)C(C)C.[HH]. The van der Waals surface area contributed by atoms with Crippen molar-refractivity contribution in [3.8, 4) is 0 Å². The first-order valence-electron chi connectivity index (χ1n) is 6.45. The van der Waals surface area contributed by atoms with E-state index in [1.807, 2.05) is 39.6 Å². The summed E-state index contributed by atoms with van der Waals surface area (Å²) in [6, 6.07) is 0.317. The fraction of sp³-hybridized carbons (Fsp3) is 0.846. The molecule has 0 aromatic heterocycles. The number of amides is 2. The molecule has 0 unspecified atom stereocenters. The van der Waals surface area contributed by atoms with Crippen LogP contribution < -0.4 is 5.32 Å². The Labute approximate surface area is 112 Å². The zero-order valence-electron chi connectivity index (χ0n) is 12.5. The predicted octanol–water partition coefficient (Wildman–Crippen LogP) is 0.803. The standard InChI is InChI=1S/C13H27N3O2.H2/c1-10(2)7-14-12(17)8-16(6)13(18)9-15(5)11(3)4;/h10-11H,7-9H2,1-6H3,(H,14,17);1H. The van der Waals surface area contributed by atoms with Gasteiger partial charge in [-0.25, -0.2) is 0 Å². The normalized spacial score (nSPS) is 11.2. The van der Waals surface area contributed by atoms with Gasteiger partial charge < -0.3 is 10.2 Å². The lowest BCUT2D eigenvalue weighted by molar-refractivity contribution is -0.135. The van der Waals surface area contributed by atoms with Crippen LogP contribution >= 0.6 is 0 Å². The van der Waals surface area contributed by atoms with E-state index in [9.17, 15) is 9.59 Å². The van der Waals surface area contributed by atoms with Gasteiger partial charge in [-0.3, -0.25) is 14.5 Å². The second-order valence-electron chi connectivity index (χ2n) is 5.46. The molecule has 0 fully saturated rings. The molecule has 0 rings (SSSR count). The number of carbonyl (C=O) groups excluding carboxylic acids is 2. The van der Waals surface area contributed by atoms with E-state index in [0.717, 1.165) is 0 Å². The summed E-state index contributed by atoms with van der Waals surface area (Å²) >= 11 is 0. The molecule has 5 nitrogen and oxygen atoms in total. The summed E-state index contributed by atoms with van der Waals surface area (Å²) in [5.41, 5.74) is 0. The van der Waals surface area contributed by atoms with Crippen molar-refractivity contribution in [3.05, 3.63) is 0 Å². The molecule has 0 spiro atoms. The largest absolute Gasteiger partial charge is 0.354 e. The van der Waals surface area contributed by atoms with Crippen molar-refractivity contribution in [3.63, 3.8) is 0 Å². The van der Waals surface area contributed by atoms with Gasteiger partial charge in [-0.1, -0.05) is 13.8 Å². The number of likely N-dealkylation sites (N-methyl/N-ethyl adjacent to an activating group) is 2. The molecule has 0 atom stereocenters. The number of carbonyl (C=O) groups is 2. The van der Waals surface area contributed by atoms with Gasteiger partial charge in [-0.05, 0) is 26.8 Å². The summed E-state index contributed by atoms with van der Waals surface area (Å²) in [5.74, 6) is 0.277. The van der Waals surface area contributed by atoms with Crippen LogP contribution in [0.1, 0.15) is 29.1 Å². The average Bonchev–Trinajstić information content (AvgIpc) is 2.25. The summed E-state index contributed by atoms with van der Waals surface area (Å²) < 4.78 is 0. The summed E-state index contributed by atoms with van der Waals surface area (Å²) in [6.45, 7) is 9.24. The molecule has 0 aliphatic carbocycles. The van der Waals surface area contributed by atoms with Gasteiger partial charge in [-0.2, -0.15) is 0 Å². The Morgan fingerprint density at radius 1 is 1.11 bits per heavy atom. The van der Waals surface area contributed by atoms with Crippen LogP contribution in [-0.4, -0.2) is 61.4 Å². The molecule has 18 heavy (non-hydrogen) atoms. The second-order valence-corrected chi connectivity index (χ2v) is 5.46. The lowest BCUT2D eigenvalue weighted by atomic mass is 10.2. The highest BCUT2D eigenvalue weighted by Crippen LogP contribution is 1.95. The van der Waals surface area contributed by atoms with Crippen LogP contribution in [0, 0.1) is 5.92 Å². The van der Waals surface area contributed by atoms with Crippen molar-refractivity contribution in [2.75, 3.05) is 33.7 Å². The van der Waals surface area contributed by atoms with Crippen molar-refractivity contribution in [1.82, 2.24) is 15.1 Å². The van der Waals surface area contributed by atoms with Crippen LogP contribution in [0.15, 0.2) is 0 Å². The summed E-state index contributed by atoms with van der Waals surface area (Å²) in [4.78, 5) is 26.8. The minimum atomic E-state index is -0.105. The second kappa shape index (κ2) is 8.08. The van der Waals surface area contributed by atoms with Gasteiger partial charge in [0.05, 0.1) is 13.1 Å². The number of nitrogens with zero attached hydrogens (tertiary/aromatic N) is 2. The predicted molar refractivity (Wildman–Crippen MR) is 75.4 cm³/mol. The molecule has 0 saturated heterocycles.